The highest BCUT2D eigenvalue weighted by molar-refractivity contribution is 5.83. The van der Waals surface area contributed by atoms with Crippen molar-refractivity contribution in [3.63, 3.8) is 0 Å². The molecule has 0 heterocycles. The Morgan fingerprint density at radius 3 is 1.72 bits per heavy atom. The summed E-state index contributed by atoms with van der Waals surface area (Å²) in [5.41, 5.74) is 5.46. The van der Waals surface area contributed by atoms with Crippen LogP contribution in [0.1, 0.15) is 162 Å². The monoisotopic (exact) mass is 645 g/mol. The third-order valence-corrected chi connectivity index (χ3v) is 7.92. The number of aliphatic carboxylic acids is 1. The van der Waals surface area contributed by atoms with Crippen LogP contribution in [0.4, 0.5) is 0 Å². The van der Waals surface area contributed by atoms with Crippen molar-refractivity contribution in [2.45, 2.75) is 174 Å². The van der Waals surface area contributed by atoms with Crippen LogP contribution in [0.2, 0.25) is 0 Å². The lowest BCUT2D eigenvalue weighted by Gasteiger charge is -2.18. The molecule has 0 rings (SSSR count). The van der Waals surface area contributed by atoms with Crippen LogP contribution in [-0.2, 0) is 19.1 Å². The van der Waals surface area contributed by atoms with E-state index in [0.29, 0.717) is 38.6 Å². The molecule has 0 aromatic rings. The summed E-state index contributed by atoms with van der Waals surface area (Å²) in [7, 11) is 0. The number of allylic oxidation sites excluding steroid dienone is 8. The van der Waals surface area contributed by atoms with Crippen molar-refractivity contribution in [3.05, 3.63) is 48.6 Å². The number of rotatable bonds is 32. The summed E-state index contributed by atoms with van der Waals surface area (Å²) < 4.78 is 5.94. The molecule has 0 aromatic carbocycles. The van der Waals surface area contributed by atoms with Gasteiger partial charge in [-0.2, -0.15) is 0 Å². The van der Waals surface area contributed by atoms with Gasteiger partial charge in [0.1, 0.15) is 12.1 Å². The lowest BCUT2D eigenvalue weighted by atomic mass is 10.0. The Kier molecular flexibility index (Phi) is 31.7. The first-order valence-electron chi connectivity index (χ1n) is 18.5. The maximum absolute atomic E-state index is 12.6. The molecule has 0 aliphatic heterocycles. The van der Waals surface area contributed by atoms with Crippen molar-refractivity contribution in [1.29, 1.82) is 0 Å². The first-order chi connectivity index (χ1) is 22.4. The molecular weight excluding hydrogens is 576 g/mol. The molecular formula is C39H68N2O5. The van der Waals surface area contributed by atoms with Gasteiger partial charge < -0.3 is 20.9 Å². The van der Waals surface area contributed by atoms with Crippen molar-refractivity contribution in [3.8, 4) is 0 Å². The third-order valence-electron chi connectivity index (χ3n) is 7.92. The highest BCUT2D eigenvalue weighted by Crippen LogP contribution is 2.18. The number of esters is 1. The van der Waals surface area contributed by atoms with Gasteiger partial charge in [0.15, 0.2) is 0 Å². The second-order valence-electron chi connectivity index (χ2n) is 12.3. The number of nitrogens with one attached hydrogen (secondary N) is 1. The maximum atomic E-state index is 12.6. The number of ether oxygens (including phenoxy) is 1. The maximum Gasteiger partial charge on any atom is 0.326 e. The molecule has 2 unspecified atom stereocenters. The Morgan fingerprint density at radius 2 is 1.17 bits per heavy atom. The second-order valence-corrected chi connectivity index (χ2v) is 12.3. The molecule has 0 saturated carbocycles. The van der Waals surface area contributed by atoms with Crippen molar-refractivity contribution in [2.75, 3.05) is 6.54 Å². The Morgan fingerprint density at radius 1 is 0.652 bits per heavy atom. The minimum Gasteiger partial charge on any atom is -0.480 e. The SMILES string of the molecule is CC/C=C\C/C=C\C/C=C\C/C=C\CCC(=O)OC(CCCCCCCCC)CCCCCCCC(=O)NC(CCCN)C(=O)O. The number of carboxylic acid groups (broad SMARTS) is 1. The summed E-state index contributed by atoms with van der Waals surface area (Å²) in [6.07, 6.45) is 38.7. The molecule has 0 spiro atoms. The highest BCUT2D eigenvalue weighted by Gasteiger charge is 2.19. The van der Waals surface area contributed by atoms with E-state index in [9.17, 15) is 19.5 Å². The molecule has 0 saturated heterocycles. The predicted octanol–water partition coefficient (Wildman–Crippen LogP) is 9.66. The number of carbonyl (C=O) groups is 3. The van der Waals surface area contributed by atoms with E-state index in [2.05, 4.69) is 67.8 Å². The van der Waals surface area contributed by atoms with E-state index in [1.165, 1.54) is 38.5 Å². The molecule has 0 radical (unpaired) electrons. The van der Waals surface area contributed by atoms with E-state index in [-0.39, 0.29) is 18.0 Å². The zero-order valence-corrected chi connectivity index (χ0v) is 29.4. The normalized spacial score (nSPS) is 13.3. The highest BCUT2D eigenvalue weighted by atomic mass is 16.5. The minimum absolute atomic E-state index is 0.0205. The van der Waals surface area contributed by atoms with Gasteiger partial charge in [-0.25, -0.2) is 4.79 Å². The number of amides is 1. The number of hydrogen-bond acceptors (Lipinski definition) is 5. The molecule has 1 amide bonds. The molecule has 46 heavy (non-hydrogen) atoms. The van der Waals surface area contributed by atoms with Gasteiger partial charge in [0, 0.05) is 12.8 Å². The van der Waals surface area contributed by atoms with Crippen molar-refractivity contribution in [1.82, 2.24) is 5.32 Å². The van der Waals surface area contributed by atoms with E-state index in [1.54, 1.807) is 0 Å². The standard InChI is InChI=1S/C39H68N2O5/c1-3-5-7-9-11-12-13-14-15-16-18-23-27-33-38(43)46-35(29-24-20-17-10-8-6-4-2)30-25-21-19-22-26-32-37(42)41-36(39(44)45)31-28-34-40/h5,7,11-12,14-15,18,23,35-36H,3-4,6,8-10,13,16-17,19-22,24-34,40H2,1-2H3,(H,41,42)(H,44,45)/b7-5-,12-11-,15-14-,23-18-. The number of unbranched alkanes of at least 4 members (excludes halogenated alkanes) is 10. The van der Waals surface area contributed by atoms with Gasteiger partial charge in [0.2, 0.25) is 5.91 Å². The largest absolute Gasteiger partial charge is 0.480 e. The molecule has 7 heteroatoms. The molecule has 0 aliphatic carbocycles. The lowest BCUT2D eigenvalue weighted by Crippen LogP contribution is -2.40. The molecule has 0 fully saturated rings. The van der Waals surface area contributed by atoms with Crippen molar-refractivity contribution in [2.24, 2.45) is 5.73 Å². The average Bonchev–Trinajstić information content (AvgIpc) is 3.03. The fourth-order valence-corrected chi connectivity index (χ4v) is 5.17. The van der Waals surface area contributed by atoms with Crippen molar-refractivity contribution < 1.29 is 24.2 Å². The fourth-order valence-electron chi connectivity index (χ4n) is 5.17. The molecule has 0 aliphatic rings. The second kappa shape index (κ2) is 33.7. The zero-order chi connectivity index (χ0) is 33.9. The Bertz CT molecular complexity index is 864. The van der Waals surface area contributed by atoms with Gasteiger partial charge in [-0.15, -0.1) is 0 Å². The Labute approximate surface area is 281 Å². The van der Waals surface area contributed by atoms with Gasteiger partial charge >= 0.3 is 11.9 Å². The summed E-state index contributed by atoms with van der Waals surface area (Å²) in [5, 5.41) is 11.9. The summed E-state index contributed by atoms with van der Waals surface area (Å²) in [5.74, 6) is -1.33. The Balaban J connectivity index is 4.36. The first-order valence-corrected chi connectivity index (χ1v) is 18.5. The van der Waals surface area contributed by atoms with Gasteiger partial charge in [-0.3, -0.25) is 9.59 Å². The third kappa shape index (κ3) is 30.0. The van der Waals surface area contributed by atoms with E-state index in [1.807, 2.05) is 0 Å². The van der Waals surface area contributed by atoms with E-state index < -0.39 is 12.0 Å². The van der Waals surface area contributed by atoms with Gasteiger partial charge in [0.05, 0.1) is 0 Å². The summed E-state index contributed by atoms with van der Waals surface area (Å²) in [6.45, 7) is 4.78. The van der Waals surface area contributed by atoms with Crippen molar-refractivity contribution >= 4 is 17.8 Å². The average molecular weight is 645 g/mol. The van der Waals surface area contributed by atoms with Crippen LogP contribution in [0.3, 0.4) is 0 Å². The number of nitrogens with two attached hydrogens (primary N) is 1. The molecule has 4 N–H and O–H groups in total. The van der Waals surface area contributed by atoms with Gasteiger partial charge in [0.25, 0.3) is 0 Å². The topological polar surface area (TPSA) is 119 Å². The molecule has 0 bridgehead atoms. The smallest absolute Gasteiger partial charge is 0.326 e. The van der Waals surface area contributed by atoms with E-state index in [4.69, 9.17) is 10.5 Å². The molecule has 7 nitrogen and oxygen atoms in total. The zero-order valence-electron chi connectivity index (χ0n) is 29.4. The predicted molar refractivity (Wildman–Crippen MR) is 193 cm³/mol. The fraction of sp³-hybridized carbons (Fsp3) is 0.718. The summed E-state index contributed by atoms with van der Waals surface area (Å²) in [4.78, 5) is 36.1. The number of carbonyl (C=O) groups excluding carboxylic acids is 2. The van der Waals surface area contributed by atoms with Crippen LogP contribution in [0.15, 0.2) is 48.6 Å². The summed E-state index contributed by atoms with van der Waals surface area (Å²) in [6, 6.07) is -0.860. The van der Waals surface area contributed by atoms with Crippen LogP contribution in [0.5, 0.6) is 0 Å². The van der Waals surface area contributed by atoms with Crippen LogP contribution in [0, 0.1) is 0 Å². The molecule has 0 aromatic heterocycles. The van der Waals surface area contributed by atoms with Crippen LogP contribution >= 0.6 is 0 Å². The quantitative estimate of drug-likeness (QED) is 0.0381. The minimum atomic E-state index is -1.01. The van der Waals surface area contributed by atoms with E-state index >= 15 is 0 Å². The summed E-state index contributed by atoms with van der Waals surface area (Å²) >= 11 is 0. The van der Waals surface area contributed by atoms with Crippen LogP contribution in [0.25, 0.3) is 0 Å². The Hall–Kier alpha value is -2.67. The van der Waals surface area contributed by atoms with Crippen LogP contribution < -0.4 is 11.1 Å². The van der Waals surface area contributed by atoms with E-state index in [0.717, 1.165) is 77.0 Å². The molecule has 264 valence electrons. The van der Waals surface area contributed by atoms with Crippen LogP contribution in [-0.4, -0.2) is 41.6 Å². The van der Waals surface area contributed by atoms with Gasteiger partial charge in [-0.1, -0.05) is 120 Å². The lowest BCUT2D eigenvalue weighted by molar-refractivity contribution is -0.149. The first kappa shape index (κ1) is 43.3. The molecule has 2 atom stereocenters. The number of carboxylic acids is 1. The van der Waals surface area contributed by atoms with Gasteiger partial charge in [-0.05, 0) is 83.6 Å². The number of hydrogen-bond donors (Lipinski definition) is 3.